The fourth-order valence-electron chi connectivity index (χ4n) is 14.3. The van der Waals surface area contributed by atoms with E-state index in [1.165, 1.54) is 46.0 Å². The van der Waals surface area contributed by atoms with Crippen LogP contribution in [0.3, 0.4) is 0 Å². The van der Waals surface area contributed by atoms with Crippen molar-refractivity contribution in [2.24, 2.45) is 0 Å². The topological polar surface area (TPSA) is 280 Å². The lowest BCUT2D eigenvalue weighted by Crippen LogP contribution is -2.24. The van der Waals surface area contributed by atoms with E-state index in [0.29, 0.717) is 115 Å². The highest BCUT2D eigenvalue weighted by atomic mass is 35.5. The number of benzene rings is 7. The maximum absolute atomic E-state index is 13.5. The van der Waals surface area contributed by atoms with Gasteiger partial charge in [-0.25, -0.2) is 15.0 Å². The van der Waals surface area contributed by atoms with Gasteiger partial charge in [-0.15, -0.1) is 0 Å². The largest absolute Gasteiger partial charge is 0.497 e. The monoisotopic (exact) mass is 1750 g/mol. The Morgan fingerprint density at radius 1 is 0.320 bits per heavy atom. The van der Waals surface area contributed by atoms with Crippen LogP contribution in [0.1, 0.15) is 115 Å². The number of carbonyl (C=O) groups is 8. The molecule has 7 aromatic carbocycles. The molecule has 4 N–H and O–H groups in total. The molecule has 23 nitrogen and oxygen atoms in total. The van der Waals surface area contributed by atoms with E-state index in [2.05, 4.69) is 45.4 Å². The summed E-state index contributed by atoms with van der Waals surface area (Å²) >= 11 is 24.3. The number of hydrogen-bond donors (Lipinski definition) is 4. The number of nitrogens with zero attached hydrogens (tertiary/aromatic N) is 7. The smallest absolute Gasteiger partial charge is 0.296 e. The summed E-state index contributed by atoms with van der Waals surface area (Å²) in [6.07, 6.45) is 4.49. The Balaban J connectivity index is 0.000000162. The molecule has 4 amide bonds. The zero-order valence-electron chi connectivity index (χ0n) is 71.0. The summed E-state index contributed by atoms with van der Waals surface area (Å²) in [5.41, 5.74) is 18.3. The van der Waals surface area contributed by atoms with Crippen LogP contribution in [0, 0.1) is 62.3 Å². The SMILES string of the molecule is COc1cc(NC(=O)C(=O)c2c(-c3ccccc3)c(C)n(Cc3ccc(Cl)cc3)c2C)ccn1.COc1cc(NC(=O)C(=O)c2cc(C)n(Cc3ccc(Cl)cc3Cl)c2C)ccn1.COc1ccc(Cn2c(C)cc(C(=O)C(=O)Nc3ccnc(OC)c3)c2C)cc1.Cc1cccc(NC(=O)C(=O)c2c(-c3ccccc3)c(C)n(Cc3ccc(Cl)cc3)c2C)c1. The van der Waals surface area contributed by atoms with Crippen molar-refractivity contribution in [3.8, 4) is 45.6 Å². The molecular weight excluding hydrogens is 1660 g/mol. The number of halogens is 4. The van der Waals surface area contributed by atoms with E-state index in [9.17, 15) is 38.4 Å². The van der Waals surface area contributed by atoms with Crippen molar-refractivity contribution in [1.82, 2.24) is 33.2 Å². The summed E-state index contributed by atoms with van der Waals surface area (Å²) in [5, 5.41) is 13.1. The highest BCUT2D eigenvalue weighted by molar-refractivity contribution is 6.49. The van der Waals surface area contributed by atoms with Crippen molar-refractivity contribution < 1.29 is 57.3 Å². The van der Waals surface area contributed by atoms with Crippen molar-refractivity contribution in [3.63, 3.8) is 0 Å². The zero-order valence-corrected chi connectivity index (χ0v) is 74.0. The lowest BCUT2D eigenvalue weighted by atomic mass is 9.97. The standard InChI is InChI=1S/C28H25ClN2O2.C27H24ClN3O3.C22H23N3O4.C21H19Cl2N3O3/c1-18-8-7-11-24(16-18)30-28(33)27(32)26-20(3)31(17-21-12-14-23(29)15-13-21)19(2)25(26)22-9-5-4-6-10-22;1-17-24(20-7-5-4-6-8-20)25(18(2)31(17)16-19-9-11-21(28)12-10-19)26(32)27(33)30-22-13-14-29-23(15-22)34-3;1-14-11-19(15(2)25(14)13-16-5-7-18(28-3)8-6-16)21(26)22(27)24-17-9-10-23-20(12-17)29-4;1-12-8-17(13(2)26(12)11-14-4-5-15(22)9-18(14)23)20(27)21(28)25-16-6-7-24-19(10-16)29-3/h4-16H,17H2,1-3H3,(H,30,33);4-15H,16H2,1-3H3,(H,29,30,33);5-12H,13H2,1-4H3,(H,23,24,27);4-10H,11H2,1-3H3,(H,24,25,28). The molecule has 638 valence electrons. The molecule has 14 rings (SSSR count). The van der Waals surface area contributed by atoms with Gasteiger partial charge in [0, 0.05) is 174 Å². The number of anilines is 4. The summed E-state index contributed by atoms with van der Waals surface area (Å²) in [4.78, 5) is 115. The maximum atomic E-state index is 13.5. The molecule has 0 aliphatic heterocycles. The van der Waals surface area contributed by atoms with Crippen molar-refractivity contribution >= 4 is 116 Å². The zero-order chi connectivity index (χ0) is 89.9. The second-order valence-electron chi connectivity index (χ2n) is 29.1. The maximum Gasteiger partial charge on any atom is 0.296 e. The molecule has 0 unspecified atom stereocenters. The molecular formula is C98H91Cl4N11O12. The van der Waals surface area contributed by atoms with E-state index >= 15 is 0 Å². The number of aromatic nitrogens is 7. The van der Waals surface area contributed by atoms with Crippen LogP contribution < -0.4 is 40.2 Å². The molecule has 0 atom stereocenters. The quantitative estimate of drug-likeness (QED) is 0.0290. The van der Waals surface area contributed by atoms with Crippen molar-refractivity contribution in [2.75, 3.05) is 49.7 Å². The van der Waals surface area contributed by atoms with Crippen molar-refractivity contribution in [1.29, 1.82) is 0 Å². The molecule has 0 fully saturated rings. The number of rotatable bonds is 26. The number of hydrogen-bond acceptors (Lipinski definition) is 15. The van der Waals surface area contributed by atoms with Crippen LogP contribution in [0.25, 0.3) is 22.3 Å². The lowest BCUT2D eigenvalue weighted by molar-refractivity contribution is -0.113. The predicted octanol–water partition coefficient (Wildman–Crippen LogP) is 20.4. The summed E-state index contributed by atoms with van der Waals surface area (Å²) in [6, 6.07) is 67.9. The average Bonchev–Trinajstić information content (AvgIpc) is 1.62. The summed E-state index contributed by atoms with van der Waals surface area (Å²) in [6.45, 7) is 19.3. The highest BCUT2D eigenvalue weighted by Gasteiger charge is 2.32. The minimum Gasteiger partial charge on any atom is -0.497 e. The Kier molecular flexibility index (Phi) is 31.0. The molecule has 0 aliphatic rings. The molecule has 14 aromatic rings. The third-order valence-electron chi connectivity index (χ3n) is 20.8. The Morgan fingerprint density at radius 3 is 1.04 bits per heavy atom. The van der Waals surface area contributed by atoms with Gasteiger partial charge in [0.1, 0.15) is 5.75 Å². The first-order chi connectivity index (χ1) is 59.9. The number of pyridine rings is 3. The minimum atomic E-state index is -0.733. The summed E-state index contributed by atoms with van der Waals surface area (Å²) in [7, 11) is 6.07. The first-order valence-corrected chi connectivity index (χ1v) is 40.9. The Labute approximate surface area is 744 Å². The Bertz CT molecular complexity index is 6320. The number of carbonyl (C=O) groups excluding carboxylic acids is 8. The van der Waals surface area contributed by atoms with Gasteiger partial charge in [0.15, 0.2) is 0 Å². The fourth-order valence-corrected chi connectivity index (χ4v) is 15.0. The first-order valence-electron chi connectivity index (χ1n) is 39.3. The molecule has 0 bridgehead atoms. The van der Waals surface area contributed by atoms with E-state index in [4.69, 9.17) is 65.4 Å². The van der Waals surface area contributed by atoms with Crippen molar-refractivity contribution in [3.05, 3.63) is 359 Å². The Morgan fingerprint density at radius 2 is 0.672 bits per heavy atom. The molecule has 0 saturated carbocycles. The molecule has 7 aromatic heterocycles. The van der Waals surface area contributed by atoms with E-state index in [1.54, 1.807) is 74.7 Å². The van der Waals surface area contributed by atoms with Crippen molar-refractivity contribution in [2.45, 2.75) is 88.5 Å². The molecule has 27 heteroatoms. The number of Topliss-reactive ketones (excluding diaryl/α,β-unsaturated/α-hetero) is 4. The van der Waals surface area contributed by atoms with Gasteiger partial charge in [-0.05, 0) is 192 Å². The van der Waals surface area contributed by atoms with Crippen LogP contribution in [-0.4, -0.2) is 108 Å². The normalized spacial score (nSPS) is 10.7. The van der Waals surface area contributed by atoms with Gasteiger partial charge in [0.25, 0.3) is 46.8 Å². The van der Waals surface area contributed by atoms with Gasteiger partial charge in [-0.2, -0.15) is 0 Å². The lowest BCUT2D eigenvalue weighted by Gasteiger charge is -2.12. The van der Waals surface area contributed by atoms with Crippen LogP contribution in [0.5, 0.6) is 23.4 Å². The molecule has 0 spiro atoms. The molecule has 7 heterocycles. The fraction of sp³-hybridized carbons (Fsp3) is 0.173. The summed E-state index contributed by atoms with van der Waals surface area (Å²) < 4.78 is 28.4. The third kappa shape index (κ3) is 22.9. The van der Waals surface area contributed by atoms with Crippen LogP contribution in [-0.2, 0) is 45.4 Å². The van der Waals surface area contributed by atoms with Gasteiger partial charge in [-0.3, -0.25) is 38.4 Å². The van der Waals surface area contributed by atoms with Crippen LogP contribution in [0.15, 0.2) is 243 Å². The van der Waals surface area contributed by atoms with E-state index < -0.39 is 46.8 Å². The van der Waals surface area contributed by atoms with Crippen LogP contribution in [0.4, 0.5) is 22.7 Å². The molecule has 0 saturated heterocycles. The van der Waals surface area contributed by atoms with Gasteiger partial charge >= 0.3 is 0 Å². The molecule has 0 radical (unpaired) electrons. The number of ketones is 4. The number of methoxy groups -OCH3 is 4. The molecule has 0 aliphatic carbocycles. The van der Waals surface area contributed by atoms with E-state index in [1.807, 2.05) is 222 Å². The molecule has 125 heavy (non-hydrogen) atoms. The average molecular weight is 1760 g/mol. The number of ether oxygens (including phenoxy) is 4. The van der Waals surface area contributed by atoms with Crippen LogP contribution in [0.2, 0.25) is 20.1 Å². The van der Waals surface area contributed by atoms with E-state index in [-0.39, 0.29) is 0 Å². The van der Waals surface area contributed by atoms with Gasteiger partial charge < -0.3 is 58.5 Å². The predicted molar refractivity (Wildman–Crippen MR) is 491 cm³/mol. The van der Waals surface area contributed by atoms with Gasteiger partial charge in [0.2, 0.25) is 17.6 Å². The second-order valence-corrected chi connectivity index (χ2v) is 30.8. The van der Waals surface area contributed by atoms with Gasteiger partial charge in [-0.1, -0.05) is 162 Å². The van der Waals surface area contributed by atoms with E-state index in [0.717, 1.165) is 95.7 Å². The number of aryl methyl sites for hydroxylation is 3. The number of nitrogens with one attached hydrogen (secondary N) is 4. The minimum absolute atomic E-state index is 0.339. The van der Waals surface area contributed by atoms with Crippen LogP contribution >= 0.6 is 46.4 Å². The summed E-state index contributed by atoms with van der Waals surface area (Å²) in [5.74, 6) is -3.35. The second kappa shape index (κ2) is 42.2. The third-order valence-corrected chi connectivity index (χ3v) is 21.9. The number of amides is 4. The Hall–Kier alpha value is -14.0. The highest BCUT2D eigenvalue weighted by Crippen LogP contribution is 2.37. The first kappa shape index (κ1) is 91.8. The van der Waals surface area contributed by atoms with Gasteiger partial charge in [0.05, 0.1) is 39.6 Å².